The summed E-state index contributed by atoms with van der Waals surface area (Å²) in [7, 11) is -1.76. The molecule has 0 N–H and O–H groups in total. The summed E-state index contributed by atoms with van der Waals surface area (Å²) in [5, 5.41) is 0. The van der Waals surface area contributed by atoms with Gasteiger partial charge in [0.2, 0.25) is 10.0 Å². The Balaban J connectivity index is 1.97. The Labute approximate surface area is 119 Å². The van der Waals surface area contributed by atoms with Crippen molar-refractivity contribution in [2.45, 2.75) is 23.8 Å². The van der Waals surface area contributed by atoms with E-state index in [-0.39, 0.29) is 6.04 Å². The van der Waals surface area contributed by atoms with Gasteiger partial charge in [0, 0.05) is 7.05 Å². The third kappa shape index (κ3) is 2.15. The van der Waals surface area contributed by atoms with Crippen molar-refractivity contribution in [3.8, 4) is 0 Å². The summed E-state index contributed by atoms with van der Waals surface area (Å²) in [6.07, 6.45) is 1.79. The molecule has 0 fully saturated rings. The van der Waals surface area contributed by atoms with Gasteiger partial charge in [0.15, 0.2) is 0 Å². The van der Waals surface area contributed by atoms with Crippen molar-refractivity contribution in [2.24, 2.45) is 0 Å². The average Bonchev–Trinajstić information content (AvgIpc) is 2.91. The number of hydrogen-bond donors (Lipinski definition) is 0. The first-order valence-electron chi connectivity index (χ1n) is 6.71. The summed E-state index contributed by atoms with van der Waals surface area (Å²) in [4.78, 5) is 0.354. The van der Waals surface area contributed by atoms with Crippen LogP contribution in [0, 0.1) is 0 Å². The lowest BCUT2D eigenvalue weighted by Crippen LogP contribution is -2.30. The van der Waals surface area contributed by atoms with Gasteiger partial charge in [-0.25, -0.2) is 8.42 Å². The van der Waals surface area contributed by atoms with Gasteiger partial charge in [-0.15, -0.1) is 0 Å². The second-order valence-electron chi connectivity index (χ2n) is 5.09. The fraction of sp³-hybridized carbons (Fsp3) is 0.250. The molecule has 1 aliphatic rings. The topological polar surface area (TPSA) is 37.4 Å². The Morgan fingerprint density at radius 2 is 1.65 bits per heavy atom. The molecule has 3 nitrogen and oxygen atoms in total. The molecule has 1 unspecified atom stereocenters. The minimum Gasteiger partial charge on any atom is -0.207 e. The second-order valence-corrected chi connectivity index (χ2v) is 7.09. The molecule has 0 heterocycles. The molecule has 3 rings (SSSR count). The highest BCUT2D eigenvalue weighted by molar-refractivity contribution is 7.89. The molecular weight excluding hydrogens is 270 g/mol. The van der Waals surface area contributed by atoms with E-state index in [2.05, 4.69) is 6.07 Å². The van der Waals surface area contributed by atoms with Crippen molar-refractivity contribution in [3.05, 3.63) is 65.7 Å². The van der Waals surface area contributed by atoms with Crippen molar-refractivity contribution in [3.63, 3.8) is 0 Å². The standard InChI is InChI=1S/C16H17NO2S/c1-17(20(18,19)14-8-3-2-4-9-14)16-12-11-13-7-5-6-10-15(13)16/h2-10,16H,11-12H2,1H3. The van der Waals surface area contributed by atoms with E-state index in [1.165, 1.54) is 9.87 Å². The van der Waals surface area contributed by atoms with Gasteiger partial charge in [-0.05, 0) is 36.1 Å². The quantitative estimate of drug-likeness (QED) is 0.870. The number of fused-ring (bicyclic) bond motifs is 1. The molecule has 2 aromatic rings. The Morgan fingerprint density at radius 3 is 2.40 bits per heavy atom. The number of rotatable bonds is 3. The summed E-state index contributed by atoms with van der Waals surface area (Å²) in [5.41, 5.74) is 2.39. The van der Waals surface area contributed by atoms with Crippen LogP contribution in [0.4, 0.5) is 0 Å². The van der Waals surface area contributed by atoms with Crippen LogP contribution >= 0.6 is 0 Å². The van der Waals surface area contributed by atoms with Crippen molar-refractivity contribution < 1.29 is 8.42 Å². The summed E-state index contributed by atoms with van der Waals surface area (Å²) in [6, 6.07) is 16.7. The van der Waals surface area contributed by atoms with Gasteiger partial charge in [-0.1, -0.05) is 42.5 Å². The van der Waals surface area contributed by atoms with Crippen molar-refractivity contribution in [1.29, 1.82) is 0 Å². The van der Waals surface area contributed by atoms with E-state index >= 15 is 0 Å². The van der Waals surface area contributed by atoms with E-state index in [9.17, 15) is 8.42 Å². The molecule has 0 radical (unpaired) electrons. The molecule has 20 heavy (non-hydrogen) atoms. The molecule has 4 heteroatoms. The molecule has 104 valence electrons. The lowest BCUT2D eigenvalue weighted by Gasteiger charge is -2.24. The Morgan fingerprint density at radius 1 is 1.00 bits per heavy atom. The van der Waals surface area contributed by atoms with Gasteiger partial charge in [0.25, 0.3) is 0 Å². The first kappa shape index (κ1) is 13.3. The SMILES string of the molecule is CN(C1CCc2ccccc21)S(=O)(=O)c1ccccc1. The summed E-state index contributed by atoms with van der Waals surface area (Å²) < 4.78 is 26.8. The summed E-state index contributed by atoms with van der Waals surface area (Å²) in [5.74, 6) is 0. The molecule has 1 atom stereocenters. The van der Waals surface area contributed by atoms with Gasteiger partial charge >= 0.3 is 0 Å². The van der Waals surface area contributed by atoms with E-state index in [1.54, 1.807) is 31.3 Å². The number of aryl methyl sites for hydroxylation is 1. The predicted molar refractivity (Wildman–Crippen MR) is 78.9 cm³/mol. The largest absolute Gasteiger partial charge is 0.243 e. The van der Waals surface area contributed by atoms with E-state index in [0.717, 1.165) is 18.4 Å². The smallest absolute Gasteiger partial charge is 0.207 e. The maximum Gasteiger partial charge on any atom is 0.243 e. The minimum absolute atomic E-state index is 0.0589. The third-order valence-electron chi connectivity index (χ3n) is 3.96. The van der Waals surface area contributed by atoms with Crippen LogP contribution in [0.3, 0.4) is 0 Å². The van der Waals surface area contributed by atoms with Gasteiger partial charge in [-0.3, -0.25) is 0 Å². The lowest BCUT2D eigenvalue weighted by atomic mass is 10.1. The molecule has 0 amide bonds. The molecule has 0 saturated carbocycles. The maximum atomic E-state index is 12.7. The highest BCUT2D eigenvalue weighted by Gasteiger charge is 2.33. The molecule has 0 saturated heterocycles. The number of hydrogen-bond acceptors (Lipinski definition) is 2. The first-order chi connectivity index (χ1) is 9.60. The molecule has 2 aromatic carbocycles. The maximum absolute atomic E-state index is 12.7. The van der Waals surface area contributed by atoms with Gasteiger partial charge in [-0.2, -0.15) is 4.31 Å². The van der Waals surface area contributed by atoms with Crippen molar-refractivity contribution in [2.75, 3.05) is 7.05 Å². The molecular formula is C16H17NO2S. The lowest BCUT2D eigenvalue weighted by molar-refractivity contribution is 0.374. The normalized spacial score (nSPS) is 18.2. The third-order valence-corrected chi connectivity index (χ3v) is 5.84. The van der Waals surface area contributed by atoms with Gasteiger partial charge in [0.05, 0.1) is 10.9 Å². The van der Waals surface area contributed by atoms with E-state index in [0.29, 0.717) is 4.90 Å². The Bertz CT molecular complexity index is 710. The predicted octanol–water partition coefficient (Wildman–Crippen LogP) is 2.99. The number of benzene rings is 2. The van der Waals surface area contributed by atoms with Crippen LogP contribution in [0.2, 0.25) is 0 Å². The fourth-order valence-electron chi connectivity index (χ4n) is 2.84. The van der Waals surface area contributed by atoms with Crippen LogP contribution in [-0.2, 0) is 16.4 Å². The minimum atomic E-state index is -3.43. The van der Waals surface area contributed by atoms with Crippen LogP contribution in [0.25, 0.3) is 0 Å². The van der Waals surface area contributed by atoms with Crippen LogP contribution in [0.5, 0.6) is 0 Å². The molecule has 0 spiro atoms. The Hall–Kier alpha value is -1.65. The zero-order chi connectivity index (χ0) is 14.2. The van der Waals surface area contributed by atoms with Gasteiger partial charge in [0.1, 0.15) is 0 Å². The van der Waals surface area contributed by atoms with E-state index in [4.69, 9.17) is 0 Å². The average molecular weight is 287 g/mol. The molecule has 0 aliphatic heterocycles. The van der Waals surface area contributed by atoms with Crippen molar-refractivity contribution >= 4 is 10.0 Å². The zero-order valence-electron chi connectivity index (χ0n) is 11.4. The summed E-state index contributed by atoms with van der Waals surface area (Å²) >= 11 is 0. The zero-order valence-corrected chi connectivity index (χ0v) is 12.2. The van der Waals surface area contributed by atoms with Crippen LogP contribution in [0.1, 0.15) is 23.6 Å². The molecule has 0 aromatic heterocycles. The number of sulfonamides is 1. The summed E-state index contributed by atoms with van der Waals surface area (Å²) in [6.45, 7) is 0. The number of nitrogens with zero attached hydrogens (tertiary/aromatic N) is 1. The Kier molecular flexibility index (Phi) is 3.36. The first-order valence-corrected chi connectivity index (χ1v) is 8.15. The van der Waals surface area contributed by atoms with Crippen LogP contribution in [0.15, 0.2) is 59.5 Å². The highest BCUT2D eigenvalue weighted by Crippen LogP contribution is 2.37. The molecule has 0 bridgehead atoms. The molecule has 1 aliphatic carbocycles. The van der Waals surface area contributed by atoms with Crippen LogP contribution < -0.4 is 0 Å². The monoisotopic (exact) mass is 287 g/mol. The van der Waals surface area contributed by atoms with E-state index < -0.39 is 10.0 Å². The van der Waals surface area contributed by atoms with Crippen LogP contribution in [-0.4, -0.2) is 19.8 Å². The van der Waals surface area contributed by atoms with Gasteiger partial charge < -0.3 is 0 Å². The second kappa shape index (κ2) is 5.04. The van der Waals surface area contributed by atoms with Crippen molar-refractivity contribution in [1.82, 2.24) is 4.31 Å². The highest BCUT2D eigenvalue weighted by atomic mass is 32.2. The van der Waals surface area contributed by atoms with E-state index in [1.807, 2.05) is 24.3 Å². The fourth-order valence-corrected chi connectivity index (χ4v) is 4.23.